The van der Waals surface area contributed by atoms with Crippen molar-refractivity contribution >= 4 is 0 Å². The van der Waals surface area contributed by atoms with Gasteiger partial charge in [-0.2, -0.15) is 0 Å². The molecule has 1 atom stereocenters. The van der Waals surface area contributed by atoms with Gasteiger partial charge in [-0.15, -0.1) is 0 Å². The van der Waals surface area contributed by atoms with Gasteiger partial charge in [0.2, 0.25) is 0 Å². The van der Waals surface area contributed by atoms with Crippen molar-refractivity contribution in [3.8, 4) is 11.5 Å². The number of hydrogen-bond donors (Lipinski definition) is 1. The molecule has 0 radical (unpaired) electrons. The van der Waals surface area contributed by atoms with Crippen LogP contribution in [-0.4, -0.2) is 12.2 Å². The monoisotopic (exact) mass is 294 g/mol. The van der Waals surface area contributed by atoms with E-state index >= 15 is 0 Å². The molecule has 0 saturated heterocycles. The molecule has 2 aromatic rings. The summed E-state index contributed by atoms with van der Waals surface area (Å²) in [7, 11) is 1.48. The molecular formula is C16H16F2O3. The fraction of sp³-hybridized carbons (Fsp3) is 0.250. The van der Waals surface area contributed by atoms with Gasteiger partial charge in [0.05, 0.1) is 13.2 Å². The van der Waals surface area contributed by atoms with Crippen molar-refractivity contribution in [3.05, 3.63) is 59.2 Å². The number of methoxy groups -OCH3 is 1. The summed E-state index contributed by atoms with van der Waals surface area (Å²) < 4.78 is 36.9. The highest BCUT2D eigenvalue weighted by Gasteiger charge is 2.09. The van der Waals surface area contributed by atoms with Gasteiger partial charge in [-0.1, -0.05) is 6.07 Å². The third kappa shape index (κ3) is 3.92. The van der Waals surface area contributed by atoms with Crippen LogP contribution in [0.4, 0.5) is 8.78 Å². The Morgan fingerprint density at radius 3 is 2.29 bits per heavy atom. The van der Waals surface area contributed by atoms with Crippen LogP contribution in [0.25, 0.3) is 0 Å². The summed E-state index contributed by atoms with van der Waals surface area (Å²) in [6.45, 7) is 1.66. The predicted octanol–water partition coefficient (Wildman–Crippen LogP) is 3.61. The predicted molar refractivity (Wildman–Crippen MR) is 74.3 cm³/mol. The van der Waals surface area contributed by atoms with E-state index in [1.165, 1.54) is 19.2 Å². The summed E-state index contributed by atoms with van der Waals surface area (Å²) in [5, 5.41) is 9.52. The standard InChI is InChI=1S/C16H16F2O3/c1-10(19)12-3-4-15(16(7-12)20-2)21-9-11-5-13(17)8-14(18)6-11/h3-8,10,19H,9H2,1-2H3/t10-/m0/s1. The Labute approximate surface area is 121 Å². The quantitative estimate of drug-likeness (QED) is 0.915. The number of benzene rings is 2. The Morgan fingerprint density at radius 2 is 1.71 bits per heavy atom. The first-order chi connectivity index (χ1) is 9.99. The third-order valence-electron chi connectivity index (χ3n) is 2.99. The second kappa shape index (κ2) is 6.54. The Morgan fingerprint density at radius 1 is 1.05 bits per heavy atom. The second-order valence-corrected chi connectivity index (χ2v) is 4.65. The molecule has 0 amide bonds. The van der Waals surface area contributed by atoms with Crippen LogP contribution in [0.1, 0.15) is 24.2 Å². The van der Waals surface area contributed by atoms with E-state index in [0.717, 1.165) is 6.07 Å². The van der Waals surface area contributed by atoms with Gasteiger partial charge >= 0.3 is 0 Å². The molecule has 1 N–H and O–H groups in total. The largest absolute Gasteiger partial charge is 0.493 e. The summed E-state index contributed by atoms with van der Waals surface area (Å²) in [4.78, 5) is 0. The summed E-state index contributed by atoms with van der Waals surface area (Å²) in [6, 6.07) is 8.23. The van der Waals surface area contributed by atoms with Gasteiger partial charge in [-0.25, -0.2) is 8.78 Å². The van der Waals surface area contributed by atoms with Gasteiger partial charge in [0.15, 0.2) is 11.5 Å². The fourth-order valence-electron chi connectivity index (χ4n) is 1.92. The van der Waals surface area contributed by atoms with Crippen molar-refractivity contribution < 1.29 is 23.4 Å². The number of halogens is 2. The lowest BCUT2D eigenvalue weighted by Crippen LogP contribution is -2.00. The maximum absolute atomic E-state index is 13.1. The van der Waals surface area contributed by atoms with Crippen LogP contribution < -0.4 is 9.47 Å². The molecule has 3 nitrogen and oxygen atoms in total. The minimum atomic E-state index is -0.648. The lowest BCUT2D eigenvalue weighted by molar-refractivity contribution is 0.198. The maximum atomic E-state index is 13.1. The van der Waals surface area contributed by atoms with Crippen LogP contribution >= 0.6 is 0 Å². The molecule has 5 heteroatoms. The zero-order chi connectivity index (χ0) is 15.4. The maximum Gasteiger partial charge on any atom is 0.161 e. The highest BCUT2D eigenvalue weighted by Crippen LogP contribution is 2.30. The normalized spacial score (nSPS) is 12.0. The lowest BCUT2D eigenvalue weighted by atomic mass is 10.1. The summed E-state index contributed by atoms with van der Waals surface area (Å²) in [5.74, 6) is -0.410. The van der Waals surface area contributed by atoms with E-state index in [2.05, 4.69) is 0 Å². The van der Waals surface area contributed by atoms with Crippen LogP contribution in [0.2, 0.25) is 0 Å². The Kier molecular flexibility index (Phi) is 4.75. The minimum absolute atomic E-state index is 0.0130. The van der Waals surface area contributed by atoms with E-state index in [1.807, 2.05) is 0 Å². The van der Waals surface area contributed by atoms with Crippen molar-refractivity contribution in [2.45, 2.75) is 19.6 Å². The van der Waals surface area contributed by atoms with Gasteiger partial charge in [-0.05, 0) is 42.3 Å². The molecule has 0 saturated carbocycles. The molecule has 2 aromatic carbocycles. The molecule has 0 heterocycles. The minimum Gasteiger partial charge on any atom is -0.493 e. The van der Waals surface area contributed by atoms with Gasteiger partial charge in [0.1, 0.15) is 18.2 Å². The number of ether oxygens (including phenoxy) is 2. The van der Waals surface area contributed by atoms with E-state index in [-0.39, 0.29) is 6.61 Å². The van der Waals surface area contributed by atoms with Gasteiger partial charge in [-0.3, -0.25) is 0 Å². The van der Waals surface area contributed by atoms with Crippen LogP contribution in [0.3, 0.4) is 0 Å². The molecule has 0 bridgehead atoms. The molecule has 0 spiro atoms. The average Bonchev–Trinajstić information content (AvgIpc) is 2.43. The van der Waals surface area contributed by atoms with Crippen molar-refractivity contribution in [3.63, 3.8) is 0 Å². The van der Waals surface area contributed by atoms with Crippen molar-refractivity contribution in [2.75, 3.05) is 7.11 Å². The highest BCUT2D eigenvalue weighted by molar-refractivity contribution is 5.43. The Bertz CT molecular complexity index is 607. The SMILES string of the molecule is COc1cc([C@H](C)O)ccc1OCc1cc(F)cc(F)c1. The Hall–Kier alpha value is -2.14. The van der Waals surface area contributed by atoms with E-state index in [1.54, 1.807) is 25.1 Å². The average molecular weight is 294 g/mol. The Balaban J connectivity index is 2.15. The molecule has 112 valence electrons. The van der Waals surface area contributed by atoms with Crippen LogP contribution in [-0.2, 0) is 6.61 Å². The van der Waals surface area contributed by atoms with Crippen LogP contribution in [0, 0.1) is 11.6 Å². The van der Waals surface area contributed by atoms with E-state index < -0.39 is 17.7 Å². The van der Waals surface area contributed by atoms with Crippen LogP contribution in [0.15, 0.2) is 36.4 Å². The topological polar surface area (TPSA) is 38.7 Å². The van der Waals surface area contributed by atoms with Gasteiger partial charge in [0.25, 0.3) is 0 Å². The summed E-state index contributed by atoms with van der Waals surface area (Å²) >= 11 is 0. The zero-order valence-corrected chi connectivity index (χ0v) is 11.8. The molecular weight excluding hydrogens is 278 g/mol. The molecule has 0 aliphatic heterocycles. The fourth-order valence-corrected chi connectivity index (χ4v) is 1.92. The smallest absolute Gasteiger partial charge is 0.161 e. The van der Waals surface area contributed by atoms with Crippen LogP contribution in [0.5, 0.6) is 11.5 Å². The second-order valence-electron chi connectivity index (χ2n) is 4.65. The molecule has 0 fully saturated rings. The van der Waals surface area contributed by atoms with E-state index in [4.69, 9.17) is 9.47 Å². The van der Waals surface area contributed by atoms with Gasteiger partial charge < -0.3 is 14.6 Å². The number of aliphatic hydroxyl groups is 1. The van der Waals surface area contributed by atoms with Crippen molar-refractivity contribution in [2.24, 2.45) is 0 Å². The lowest BCUT2D eigenvalue weighted by Gasteiger charge is -2.13. The number of hydrogen-bond acceptors (Lipinski definition) is 3. The molecule has 0 aromatic heterocycles. The first-order valence-corrected chi connectivity index (χ1v) is 6.43. The summed E-state index contributed by atoms with van der Waals surface area (Å²) in [6.07, 6.45) is -0.620. The van der Waals surface area contributed by atoms with Gasteiger partial charge in [0, 0.05) is 6.07 Å². The van der Waals surface area contributed by atoms with Crippen molar-refractivity contribution in [1.29, 1.82) is 0 Å². The van der Waals surface area contributed by atoms with Crippen molar-refractivity contribution in [1.82, 2.24) is 0 Å². The molecule has 2 rings (SSSR count). The first kappa shape index (κ1) is 15.3. The number of rotatable bonds is 5. The van der Waals surface area contributed by atoms with E-state index in [0.29, 0.717) is 22.6 Å². The van der Waals surface area contributed by atoms with E-state index in [9.17, 15) is 13.9 Å². The molecule has 0 aliphatic carbocycles. The third-order valence-corrected chi connectivity index (χ3v) is 2.99. The summed E-state index contributed by atoms with van der Waals surface area (Å²) in [5.41, 5.74) is 1.07. The molecule has 0 aliphatic rings. The molecule has 0 unspecified atom stereocenters. The zero-order valence-electron chi connectivity index (χ0n) is 11.8. The first-order valence-electron chi connectivity index (χ1n) is 6.43. The number of aliphatic hydroxyl groups excluding tert-OH is 1. The molecule has 21 heavy (non-hydrogen) atoms. The highest BCUT2D eigenvalue weighted by atomic mass is 19.1.